The van der Waals surface area contributed by atoms with E-state index >= 15 is 0 Å². The van der Waals surface area contributed by atoms with Crippen LogP contribution in [0, 0.1) is 5.92 Å². The molecule has 1 heterocycles. The van der Waals surface area contributed by atoms with Crippen LogP contribution in [-0.4, -0.2) is 18.9 Å². The van der Waals surface area contributed by atoms with Gasteiger partial charge in [0.05, 0.1) is 9.88 Å². The van der Waals surface area contributed by atoms with Crippen molar-refractivity contribution in [2.75, 3.05) is 11.4 Å². The van der Waals surface area contributed by atoms with Gasteiger partial charge in [-0.05, 0) is 37.3 Å². The first-order chi connectivity index (χ1) is 8.70. The molecule has 18 heavy (non-hydrogen) atoms. The van der Waals surface area contributed by atoms with Crippen LogP contribution in [0.25, 0.3) is 0 Å². The summed E-state index contributed by atoms with van der Waals surface area (Å²) in [5, 5.41) is 1.28. The number of nitrogens with zero attached hydrogens (tertiary/aromatic N) is 1. The van der Waals surface area contributed by atoms with Gasteiger partial charge < -0.3 is 4.90 Å². The standard InChI is InChI=1S/C15H23NOS/c1-12(2)9-10-16(13-5-3-4-6-13)15-8-7-14(11-17)18-15/h7-8,11-13H,3-6,9-10H2,1-2H3. The Hall–Kier alpha value is -0.830. The molecule has 1 fully saturated rings. The monoisotopic (exact) mass is 265 g/mol. The SMILES string of the molecule is CC(C)CCN(c1ccc(C=O)s1)C1CCCC1. The fourth-order valence-electron chi connectivity index (χ4n) is 2.65. The van der Waals surface area contributed by atoms with Gasteiger partial charge in [0, 0.05) is 12.6 Å². The number of hydrogen-bond donors (Lipinski definition) is 0. The molecule has 3 heteroatoms. The molecule has 0 N–H and O–H groups in total. The van der Waals surface area contributed by atoms with E-state index in [1.54, 1.807) is 11.3 Å². The molecule has 1 aliphatic rings. The Morgan fingerprint density at radius 1 is 1.39 bits per heavy atom. The summed E-state index contributed by atoms with van der Waals surface area (Å²) in [6.07, 6.45) is 7.52. The van der Waals surface area contributed by atoms with Crippen LogP contribution < -0.4 is 4.90 Å². The van der Waals surface area contributed by atoms with Gasteiger partial charge in [-0.25, -0.2) is 0 Å². The second kappa shape index (κ2) is 6.37. The van der Waals surface area contributed by atoms with Gasteiger partial charge in [-0.3, -0.25) is 4.79 Å². The third-order valence-corrected chi connectivity index (χ3v) is 4.77. The first-order valence-corrected chi connectivity index (χ1v) is 7.84. The van der Waals surface area contributed by atoms with E-state index in [0.717, 1.165) is 23.6 Å². The minimum absolute atomic E-state index is 0.696. The molecule has 0 unspecified atom stereocenters. The predicted molar refractivity (Wildman–Crippen MR) is 78.8 cm³/mol. The Kier molecular flexibility index (Phi) is 4.81. The van der Waals surface area contributed by atoms with Crippen molar-refractivity contribution < 1.29 is 4.79 Å². The van der Waals surface area contributed by atoms with Gasteiger partial charge in [0.2, 0.25) is 0 Å². The molecule has 0 spiro atoms. The van der Waals surface area contributed by atoms with Crippen molar-refractivity contribution in [1.82, 2.24) is 0 Å². The van der Waals surface area contributed by atoms with E-state index in [9.17, 15) is 4.79 Å². The zero-order chi connectivity index (χ0) is 13.0. The average molecular weight is 265 g/mol. The Balaban J connectivity index is 2.09. The first-order valence-electron chi connectivity index (χ1n) is 7.02. The summed E-state index contributed by atoms with van der Waals surface area (Å²) in [6.45, 7) is 5.68. The van der Waals surface area contributed by atoms with Crippen LogP contribution in [0.4, 0.5) is 5.00 Å². The van der Waals surface area contributed by atoms with Gasteiger partial charge in [0.25, 0.3) is 0 Å². The number of thiophene rings is 1. The molecule has 1 aromatic rings. The maximum atomic E-state index is 10.8. The lowest BCUT2D eigenvalue weighted by molar-refractivity contribution is 0.112. The highest BCUT2D eigenvalue weighted by atomic mass is 32.1. The molecular formula is C15H23NOS. The van der Waals surface area contributed by atoms with E-state index in [0.29, 0.717) is 6.04 Å². The molecule has 2 rings (SSSR count). The van der Waals surface area contributed by atoms with Gasteiger partial charge in [0.15, 0.2) is 6.29 Å². The summed E-state index contributed by atoms with van der Waals surface area (Å²) in [5.74, 6) is 0.736. The van der Waals surface area contributed by atoms with Crippen LogP contribution in [0.15, 0.2) is 12.1 Å². The van der Waals surface area contributed by atoms with Crippen molar-refractivity contribution in [3.05, 3.63) is 17.0 Å². The smallest absolute Gasteiger partial charge is 0.160 e. The van der Waals surface area contributed by atoms with E-state index in [-0.39, 0.29) is 0 Å². The summed E-state index contributed by atoms with van der Waals surface area (Å²) in [6, 6.07) is 4.76. The largest absolute Gasteiger partial charge is 0.360 e. The first kappa shape index (κ1) is 13.6. The van der Waals surface area contributed by atoms with E-state index < -0.39 is 0 Å². The van der Waals surface area contributed by atoms with Crippen LogP contribution in [0.5, 0.6) is 0 Å². The van der Waals surface area contributed by atoms with Gasteiger partial charge in [0.1, 0.15) is 0 Å². The normalized spacial score (nSPS) is 16.4. The van der Waals surface area contributed by atoms with Gasteiger partial charge in [-0.1, -0.05) is 26.7 Å². The van der Waals surface area contributed by atoms with Crippen LogP contribution in [0.3, 0.4) is 0 Å². The summed E-state index contributed by atoms with van der Waals surface area (Å²) in [7, 11) is 0. The minimum Gasteiger partial charge on any atom is -0.360 e. The topological polar surface area (TPSA) is 20.3 Å². The van der Waals surface area contributed by atoms with Crippen LogP contribution in [0.1, 0.15) is 55.6 Å². The fraction of sp³-hybridized carbons (Fsp3) is 0.667. The maximum Gasteiger partial charge on any atom is 0.160 e. The van der Waals surface area contributed by atoms with Crippen LogP contribution in [0.2, 0.25) is 0 Å². The summed E-state index contributed by atoms with van der Waals surface area (Å²) in [4.78, 5) is 14.2. The van der Waals surface area contributed by atoms with Gasteiger partial charge in [-0.2, -0.15) is 0 Å². The Morgan fingerprint density at radius 2 is 2.11 bits per heavy atom. The molecule has 0 amide bonds. The number of anilines is 1. The maximum absolute atomic E-state index is 10.8. The lowest BCUT2D eigenvalue weighted by Crippen LogP contribution is -2.34. The third kappa shape index (κ3) is 3.35. The number of aldehydes is 1. The van der Waals surface area contributed by atoms with Crippen molar-refractivity contribution in [3.8, 4) is 0 Å². The molecule has 100 valence electrons. The Morgan fingerprint density at radius 3 is 2.67 bits per heavy atom. The zero-order valence-electron chi connectivity index (χ0n) is 11.4. The van der Waals surface area contributed by atoms with E-state index in [4.69, 9.17) is 0 Å². The summed E-state index contributed by atoms with van der Waals surface area (Å²) < 4.78 is 0. The summed E-state index contributed by atoms with van der Waals surface area (Å²) >= 11 is 1.64. The van der Waals surface area contributed by atoms with Gasteiger partial charge >= 0.3 is 0 Å². The fourth-order valence-corrected chi connectivity index (χ4v) is 3.57. The Bertz CT molecular complexity index is 380. The van der Waals surface area contributed by atoms with Crippen molar-refractivity contribution in [2.45, 2.75) is 52.0 Å². The molecule has 2 nitrogen and oxygen atoms in total. The highest BCUT2D eigenvalue weighted by molar-refractivity contribution is 7.17. The second-order valence-corrected chi connectivity index (χ2v) is 6.70. The minimum atomic E-state index is 0.696. The zero-order valence-corrected chi connectivity index (χ0v) is 12.2. The molecule has 0 radical (unpaired) electrons. The van der Waals surface area contributed by atoms with Crippen molar-refractivity contribution in [1.29, 1.82) is 0 Å². The van der Waals surface area contributed by atoms with E-state index in [2.05, 4.69) is 24.8 Å². The molecule has 1 aliphatic carbocycles. The lowest BCUT2D eigenvalue weighted by atomic mass is 10.1. The molecule has 0 bridgehead atoms. The van der Waals surface area contributed by atoms with Crippen molar-refractivity contribution in [2.24, 2.45) is 5.92 Å². The highest BCUT2D eigenvalue weighted by Gasteiger charge is 2.23. The Labute approximate surface area is 114 Å². The third-order valence-electron chi connectivity index (χ3n) is 3.72. The second-order valence-electron chi connectivity index (χ2n) is 5.61. The number of carbonyl (C=O) groups is 1. The number of hydrogen-bond acceptors (Lipinski definition) is 3. The molecular weight excluding hydrogens is 242 g/mol. The predicted octanol–water partition coefficient (Wildman–Crippen LogP) is 4.36. The van der Waals surface area contributed by atoms with E-state index in [1.165, 1.54) is 37.1 Å². The molecule has 1 aromatic heterocycles. The van der Waals surface area contributed by atoms with Crippen molar-refractivity contribution >= 4 is 22.6 Å². The molecule has 0 aromatic carbocycles. The lowest BCUT2D eigenvalue weighted by Gasteiger charge is -2.30. The quantitative estimate of drug-likeness (QED) is 0.712. The number of carbonyl (C=O) groups excluding carboxylic acids is 1. The molecule has 0 atom stereocenters. The molecule has 0 aliphatic heterocycles. The molecule has 1 saturated carbocycles. The summed E-state index contributed by atoms with van der Waals surface area (Å²) in [5.41, 5.74) is 0. The van der Waals surface area contributed by atoms with Crippen LogP contribution in [-0.2, 0) is 0 Å². The van der Waals surface area contributed by atoms with E-state index in [1.807, 2.05) is 6.07 Å². The average Bonchev–Trinajstić information content (AvgIpc) is 2.99. The number of rotatable bonds is 6. The van der Waals surface area contributed by atoms with Gasteiger partial charge in [-0.15, -0.1) is 11.3 Å². The highest BCUT2D eigenvalue weighted by Crippen LogP contribution is 2.33. The molecule has 0 saturated heterocycles. The van der Waals surface area contributed by atoms with Crippen molar-refractivity contribution in [3.63, 3.8) is 0 Å². The van der Waals surface area contributed by atoms with Crippen LogP contribution >= 0.6 is 11.3 Å².